The highest BCUT2D eigenvalue weighted by molar-refractivity contribution is 5.32. The van der Waals surface area contributed by atoms with E-state index >= 15 is 0 Å². The lowest BCUT2D eigenvalue weighted by atomic mass is 10.0. The van der Waals surface area contributed by atoms with Gasteiger partial charge in [-0.2, -0.15) is 5.26 Å². The molecule has 3 rings (SSSR count). The van der Waals surface area contributed by atoms with Gasteiger partial charge < -0.3 is 10.4 Å². The average molecular weight is 335 g/mol. The van der Waals surface area contributed by atoms with Gasteiger partial charge in [0.15, 0.2) is 0 Å². The molecule has 0 spiro atoms. The smallest absolute Gasteiger partial charge is 0.118 e. The van der Waals surface area contributed by atoms with Gasteiger partial charge >= 0.3 is 0 Å². The second kappa shape index (κ2) is 8.66. The summed E-state index contributed by atoms with van der Waals surface area (Å²) in [6.07, 6.45) is 3.16. The van der Waals surface area contributed by atoms with Gasteiger partial charge in [0.2, 0.25) is 0 Å². The molecule has 0 amide bonds. The van der Waals surface area contributed by atoms with Crippen molar-refractivity contribution >= 4 is 0 Å². The highest BCUT2D eigenvalue weighted by Gasteiger charge is 2.18. The number of hydrogen-bond donors (Lipinski definition) is 2. The Labute approximate surface area is 149 Å². The van der Waals surface area contributed by atoms with Crippen LogP contribution in [0.25, 0.3) is 0 Å². The van der Waals surface area contributed by atoms with Crippen LogP contribution in [0.1, 0.15) is 29.5 Å². The molecule has 1 heterocycles. The SMILES string of the molecule is N#Cc1ccc(CN2CCC(NCCc3ccccc3O)CC2)cc1. The van der Waals surface area contributed by atoms with Gasteiger partial charge in [0.1, 0.15) is 5.75 Å². The van der Waals surface area contributed by atoms with Crippen molar-refractivity contribution in [1.82, 2.24) is 10.2 Å². The van der Waals surface area contributed by atoms with Crippen molar-refractivity contribution in [2.75, 3.05) is 19.6 Å². The predicted octanol–water partition coefficient (Wildman–Crippen LogP) is 3.06. The summed E-state index contributed by atoms with van der Waals surface area (Å²) in [5.74, 6) is 0.390. The molecule has 2 aromatic carbocycles. The minimum atomic E-state index is 0.390. The van der Waals surface area contributed by atoms with Crippen LogP contribution in [0.3, 0.4) is 0 Å². The number of para-hydroxylation sites is 1. The Kier molecular flexibility index (Phi) is 6.05. The molecule has 0 atom stereocenters. The number of piperidine rings is 1. The first-order chi connectivity index (χ1) is 12.2. The fraction of sp³-hybridized carbons (Fsp3) is 0.381. The molecule has 0 saturated carbocycles. The summed E-state index contributed by atoms with van der Waals surface area (Å²) in [4.78, 5) is 2.47. The van der Waals surface area contributed by atoms with Crippen LogP contribution in [-0.4, -0.2) is 35.7 Å². The van der Waals surface area contributed by atoms with Crippen LogP contribution in [-0.2, 0) is 13.0 Å². The van der Waals surface area contributed by atoms with Crippen LogP contribution < -0.4 is 5.32 Å². The Bertz CT molecular complexity index is 713. The molecule has 2 aromatic rings. The van der Waals surface area contributed by atoms with E-state index in [0.29, 0.717) is 11.8 Å². The zero-order chi connectivity index (χ0) is 17.5. The van der Waals surface area contributed by atoms with Gasteiger partial charge in [-0.3, -0.25) is 4.90 Å². The number of phenolic OH excluding ortho intramolecular Hbond substituents is 1. The Morgan fingerprint density at radius 1 is 1.08 bits per heavy atom. The molecule has 0 radical (unpaired) electrons. The molecule has 4 nitrogen and oxygen atoms in total. The summed E-state index contributed by atoms with van der Waals surface area (Å²) in [5, 5.41) is 22.3. The van der Waals surface area contributed by atoms with Crippen molar-refractivity contribution in [2.24, 2.45) is 0 Å². The number of hydrogen-bond acceptors (Lipinski definition) is 4. The lowest BCUT2D eigenvalue weighted by Crippen LogP contribution is -2.42. The molecule has 25 heavy (non-hydrogen) atoms. The largest absolute Gasteiger partial charge is 0.508 e. The van der Waals surface area contributed by atoms with Crippen molar-refractivity contribution in [2.45, 2.75) is 31.8 Å². The lowest BCUT2D eigenvalue weighted by Gasteiger charge is -2.32. The number of rotatable bonds is 6. The number of phenols is 1. The van der Waals surface area contributed by atoms with Crippen molar-refractivity contribution in [3.8, 4) is 11.8 Å². The first-order valence-electron chi connectivity index (χ1n) is 8.96. The average Bonchev–Trinajstić information content (AvgIpc) is 2.65. The molecule has 0 unspecified atom stereocenters. The van der Waals surface area contributed by atoms with Gasteiger partial charge in [0, 0.05) is 12.6 Å². The van der Waals surface area contributed by atoms with Crippen LogP contribution >= 0.6 is 0 Å². The maximum atomic E-state index is 9.80. The Morgan fingerprint density at radius 2 is 1.80 bits per heavy atom. The zero-order valence-corrected chi connectivity index (χ0v) is 14.5. The third-order valence-electron chi connectivity index (χ3n) is 4.90. The third-order valence-corrected chi connectivity index (χ3v) is 4.90. The summed E-state index contributed by atoms with van der Waals surface area (Å²) in [6, 6.07) is 18.2. The topological polar surface area (TPSA) is 59.3 Å². The summed E-state index contributed by atoms with van der Waals surface area (Å²) in [6.45, 7) is 4.04. The lowest BCUT2D eigenvalue weighted by molar-refractivity contribution is 0.191. The minimum absolute atomic E-state index is 0.390. The van der Waals surface area contributed by atoms with Gasteiger partial charge in [-0.15, -0.1) is 0 Å². The minimum Gasteiger partial charge on any atom is -0.508 e. The second-order valence-corrected chi connectivity index (χ2v) is 6.69. The number of nitriles is 1. The Hall–Kier alpha value is -2.35. The maximum absolute atomic E-state index is 9.80. The number of nitrogens with zero attached hydrogens (tertiary/aromatic N) is 2. The zero-order valence-electron chi connectivity index (χ0n) is 14.5. The normalized spacial score (nSPS) is 15.8. The van der Waals surface area contributed by atoms with E-state index in [1.54, 1.807) is 6.07 Å². The van der Waals surface area contributed by atoms with Gasteiger partial charge in [0.25, 0.3) is 0 Å². The van der Waals surface area contributed by atoms with Gasteiger partial charge in [-0.05, 0) is 68.2 Å². The highest BCUT2D eigenvalue weighted by atomic mass is 16.3. The van der Waals surface area contributed by atoms with Gasteiger partial charge in [-0.1, -0.05) is 30.3 Å². The fourth-order valence-electron chi connectivity index (χ4n) is 3.37. The molecule has 1 aliphatic heterocycles. The predicted molar refractivity (Wildman–Crippen MR) is 99.3 cm³/mol. The first kappa shape index (κ1) is 17.5. The molecule has 4 heteroatoms. The van der Waals surface area contributed by atoms with E-state index in [1.165, 1.54) is 5.56 Å². The summed E-state index contributed by atoms with van der Waals surface area (Å²) >= 11 is 0. The number of likely N-dealkylation sites (tertiary alicyclic amines) is 1. The van der Waals surface area contributed by atoms with E-state index in [4.69, 9.17) is 5.26 Å². The molecule has 0 aromatic heterocycles. The fourth-order valence-corrected chi connectivity index (χ4v) is 3.37. The number of aromatic hydroxyl groups is 1. The highest BCUT2D eigenvalue weighted by Crippen LogP contribution is 2.17. The first-order valence-corrected chi connectivity index (χ1v) is 8.96. The molecular weight excluding hydrogens is 310 g/mol. The summed E-state index contributed by atoms with van der Waals surface area (Å²) < 4.78 is 0. The molecule has 1 fully saturated rings. The standard InChI is InChI=1S/C21H25N3O/c22-15-17-5-7-18(8-6-17)16-24-13-10-20(11-14-24)23-12-9-19-3-1-2-4-21(19)25/h1-8,20,23,25H,9-14,16H2. The van der Waals surface area contributed by atoms with Gasteiger partial charge in [0.05, 0.1) is 11.6 Å². The van der Waals surface area contributed by atoms with E-state index in [2.05, 4.69) is 28.4 Å². The Balaban J connectivity index is 1.38. The molecule has 1 saturated heterocycles. The molecule has 2 N–H and O–H groups in total. The number of nitrogens with one attached hydrogen (secondary N) is 1. The van der Waals surface area contributed by atoms with E-state index in [-0.39, 0.29) is 0 Å². The molecule has 0 bridgehead atoms. The van der Waals surface area contributed by atoms with Crippen LogP contribution in [0.2, 0.25) is 0 Å². The van der Waals surface area contributed by atoms with Crippen LogP contribution in [0.5, 0.6) is 5.75 Å². The summed E-state index contributed by atoms with van der Waals surface area (Å²) in [5.41, 5.74) is 2.99. The molecular formula is C21H25N3O. The van der Waals surface area contributed by atoms with E-state index in [0.717, 1.165) is 56.6 Å². The second-order valence-electron chi connectivity index (χ2n) is 6.69. The Morgan fingerprint density at radius 3 is 2.48 bits per heavy atom. The molecule has 0 aliphatic carbocycles. The van der Waals surface area contributed by atoms with E-state index < -0.39 is 0 Å². The third kappa shape index (κ3) is 5.06. The maximum Gasteiger partial charge on any atom is 0.118 e. The van der Waals surface area contributed by atoms with Gasteiger partial charge in [-0.25, -0.2) is 0 Å². The quantitative estimate of drug-likeness (QED) is 0.852. The van der Waals surface area contributed by atoms with E-state index in [9.17, 15) is 5.11 Å². The number of benzene rings is 2. The van der Waals surface area contributed by atoms with Crippen molar-refractivity contribution < 1.29 is 5.11 Å². The molecule has 130 valence electrons. The van der Waals surface area contributed by atoms with Crippen molar-refractivity contribution in [1.29, 1.82) is 5.26 Å². The monoisotopic (exact) mass is 335 g/mol. The van der Waals surface area contributed by atoms with Crippen molar-refractivity contribution in [3.05, 3.63) is 65.2 Å². The van der Waals surface area contributed by atoms with Crippen molar-refractivity contribution in [3.63, 3.8) is 0 Å². The van der Waals surface area contributed by atoms with Crippen LogP contribution in [0.4, 0.5) is 0 Å². The van der Waals surface area contributed by atoms with E-state index in [1.807, 2.05) is 30.3 Å². The van der Waals surface area contributed by atoms with Crippen LogP contribution in [0, 0.1) is 11.3 Å². The molecule has 1 aliphatic rings. The van der Waals surface area contributed by atoms with Crippen LogP contribution in [0.15, 0.2) is 48.5 Å². The summed E-state index contributed by atoms with van der Waals surface area (Å²) in [7, 11) is 0.